The number of halogens is 8. The largest absolute Gasteiger partial charge is 0.457 e. The molecule has 4 aromatic carbocycles. The van der Waals surface area contributed by atoms with E-state index < -0.39 is 101 Å². The second kappa shape index (κ2) is 16.3. The number of nitrogens with zero attached hydrogens (tertiary/aromatic N) is 6. The third kappa shape index (κ3) is 8.23. The summed E-state index contributed by atoms with van der Waals surface area (Å²) in [4.78, 5) is -1.07. The first-order valence-corrected chi connectivity index (χ1v) is 19.2. The molecule has 2 aliphatic rings. The Bertz CT molecular complexity index is 2580. The minimum atomic E-state index is -4.03. The SMILES string of the molecule is N#CN=S(=O)(CF)c1ccc(Oc2cc(F)cc(C#N)c2)c2c1[C@H](O)C(F)(F)C2.N#CN=S(=O)(CF)c1ccc(Oc2cc(F)cc(C#N)c2)c2c1[C@H](O)C(F)(F)C2. The van der Waals surface area contributed by atoms with Crippen molar-refractivity contribution in [1.29, 1.82) is 21.0 Å². The van der Waals surface area contributed by atoms with E-state index in [1.165, 1.54) is 24.5 Å². The van der Waals surface area contributed by atoms with Crippen LogP contribution in [0.3, 0.4) is 0 Å². The molecule has 58 heavy (non-hydrogen) atoms. The Labute approximate surface area is 323 Å². The monoisotopic (exact) mass is 850 g/mol. The van der Waals surface area contributed by atoms with Gasteiger partial charge in [0.2, 0.25) is 12.4 Å². The Balaban J connectivity index is 0.000000221. The second-order valence-corrected chi connectivity index (χ2v) is 16.5. The van der Waals surface area contributed by atoms with Crippen LogP contribution in [0.4, 0.5) is 35.1 Å². The van der Waals surface area contributed by atoms with Crippen molar-refractivity contribution < 1.29 is 63.2 Å². The van der Waals surface area contributed by atoms with E-state index in [1.807, 2.05) is 0 Å². The van der Waals surface area contributed by atoms with Gasteiger partial charge in [0.25, 0.3) is 11.8 Å². The molecule has 2 unspecified atom stereocenters. The molecule has 300 valence electrons. The summed E-state index contributed by atoms with van der Waals surface area (Å²) in [6.07, 6.45) is -4.53. The van der Waals surface area contributed by atoms with Gasteiger partial charge in [-0.05, 0) is 48.5 Å². The quantitative estimate of drug-likeness (QED) is 0.129. The summed E-state index contributed by atoms with van der Waals surface area (Å²) in [7, 11) is -8.05. The minimum Gasteiger partial charge on any atom is -0.457 e. The summed E-state index contributed by atoms with van der Waals surface area (Å²) in [5.41, 5.74) is -1.81. The zero-order valence-electron chi connectivity index (χ0n) is 28.8. The fourth-order valence-corrected chi connectivity index (χ4v) is 8.58. The molecule has 0 radical (unpaired) electrons. The number of fused-ring (bicyclic) bond motifs is 2. The fourth-order valence-electron chi connectivity index (χ4n) is 6.07. The lowest BCUT2D eigenvalue weighted by Crippen LogP contribution is -2.22. The van der Waals surface area contributed by atoms with E-state index in [1.54, 1.807) is 12.1 Å². The maximum atomic E-state index is 14.2. The van der Waals surface area contributed by atoms with Crippen LogP contribution in [-0.2, 0) is 32.3 Å². The standard InChI is InChI=1S/2C18H11F4N3O3S/c2*19-8-29(27,25-9-24)15-2-1-14(13-6-18(21,22)17(26)16(13)15)28-12-4-10(7-23)3-11(20)5-12/h2*1-5,17,26H,6,8H2/t2*17-,29?/m00/s1. The van der Waals surface area contributed by atoms with E-state index in [9.17, 15) is 53.8 Å². The van der Waals surface area contributed by atoms with E-state index in [2.05, 4.69) is 8.73 Å². The van der Waals surface area contributed by atoms with E-state index in [-0.39, 0.29) is 45.3 Å². The molecule has 12 nitrogen and oxygen atoms in total. The zero-order valence-corrected chi connectivity index (χ0v) is 30.4. The number of rotatable bonds is 8. The van der Waals surface area contributed by atoms with Crippen molar-refractivity contribution in [2.24, 2.45) is 8.73 Å². The van der Waals surface area contributed by atoms with Crippen LogP contribution in [0.2, 0.25) is 0 Å². The number of ether oxygens (including phenoxy) is 2. The summed E-state index contributed by atoms with van der Waals surface area (Å²) in [5.74, 6) is -9.77. The average Bonchev–Trinajstić information content (AvgIpc) is 3.57. The molecule has 22 heteroatoms. The predicted molar refractivity (Wildman–Crippen MR) is 183 cm³/mol. The van der Waals surface area contributed by atoms with Crippen LogP contribution in [0.5, 0.6) is 23.0 Å². The van der Waals surface area contributed by atoms with Gasteiger partial charge in [-0.2, -0.15) is 21.0 Å². The van der Waals surface area contributed by atoms with E-state index in [4.69, 9.17) is 30.5 Å². The number of aliphatic hydroxyl groups excluding tert-OH is 2. The molecular formula is C36H22F8N6O6S2. The van der Waals surface area contributed by atoms with Gasteiger partial charge in [-0.3, -0.25) is 0 Å². The predicted octanol–water partition coefficient (Wildman–Crippen LogP) is 7.90. The Kier molecular flexibility index (Phi) is 12.0. The van der Waals surface area contributed by atoms with Gasteiger partial charge < -0.3 is 19.7 Å². The number of alkyl halides is 6. The first kappa shape index (κ1) is 42.8. The minimum absolute atomic E-state index is 0.0769. The summed E-state index contributed by atoms with van der Waals surface area (Å²) < 4.78 is 153. The van der Waals surface area contributed by atoms with Gasteiger partial charge >= 0.3 is 0 Å². The molecule has 0 spiro atoms. The summed E-state index contributed by atoms with van der Waals surface area (Å²) >= 11 is 0. The summed E-state index contributed by atoms with van der Waals surface area (Å²) in [6.45, 7) is 0. The van der Waals surface area contributed by atoms with Crippen LogP contribution in [0.1, 0.15) is 45.6 Å². The van der Waals surface area contributed by atoms with E-state index in [0.717, 1.165) is 48.5 Å². The molecule has 2 aliphatic carbocycles. The molecule has 2 N–H and O–H groups in total. The van der Waals surface area contributed by atoms with Crippen molar-refractivity contribution in [3.63, 3.8) is 0 Å². The molecular weight excluding hydrogens is 829 g/mol. The summed E-state index contributed by atoms with van der Waals surface area (Å²) in [6, 6.07) is 10.3. The molecule has 4 aromatic rings. The van der Waals surface area contributed by atoms with Crippen molar-refractivity contribution in [3.8, 4) is 47.5 Å². The van der Waals surface area contributed by atoms with E-state index >= 15 is 0 Å². The van der Waals surface area contributed by atoms with Gasteiger partial charge in [-0.25, -0.2) is 43.5 Å². The van der Waals surface area contributed by atoms with Crippen LogP contribution in [0.15, 0.2) is 79.2 Å². The molecule has 0 heterocycles. The Morgan fingerprint density at radius 2 is 1.02 bits per heavy atom. The van der Waals surface area contributed by atoms with Gasteiger partial charge in [-0.1, -0.05) is 0 Å². The highest BCUT2D eigenvalue weighted by Gasteiger charge is 2.51. The first-order chi connectivity index (χ1) is 27.3. The molecule has 0 amide bonds. The Hall–Kier alpha value is -6.30. The highest BCUT2D eigenvalue weighted by atomic mass is 32.2. The highest BCUT2D eigenvalue weighted by Crippen LogP contribution is 2.51. The summed E-state index contributed by atoms with van der Waals surface area (Å²) in [5, 5.41) is 55.3. The number of nitriles is 4. The lowest BCUT2D eigenvalue weighted by molar-refractivity contribution is -0.0978. The molecule has 0 bridgehead atoms. The number of benzene rings is 4. The van der Waals surface area contributed by atoms with E-state index in [0.29, 0.717) is 0 Å². The molecule has 0 saturated heterocycles. The van der Waals surface area contributed by atoms with Gasteiger partial charge in [-0.15, -0.1) is 8.73 Å². The van der Waals surface area contributed by atoms with Crippen LogP contribution in [0, 0.1) is 57.2 Å². The van der Waals surface area contributed by atoms with Gasteiger partial charge in [0.05, 0.1) is 33.1 Å². The van der Waals surface area contributed by atoms with Crippen molar-refractivity contribution in [1.82, 2.24) is 0 Å². The van der Waals surface area contributed by atoms with Crippen LogP contribution in [0.25, 0.3) is 0 Å². The molecule has 0 fully saturated rings. The average molecular weight is 851 g/mol. The second-order valence-electron chi connectivity index (χ2n) is 12.2. The highest BCUT2D eigenvalue weighted by molar-refractivity contribution is 7.93. The van der Waals surface area contributed by atoms with Crippen molar-refractivity contribution in [2.75, 3.05) is 12.0 Å². The number of hydrogen-bond acceptors (Lipinski definition) is 12. The van der Waals surface area contributed by atoms with Crippen molar-refractivity contribution in [3.05, 3.63) is 106 Å². The Morgan fingerprint density at radius 1 is 0.655 bits per heavy atom. The Morgan fingerprint density at radius 3 is 1.33 bits per heavy atom. The van der Waals surface area contributed by atoms with Crippen LogP contribution in [-0.4, -0.2) is 42.5 Å². The number of aliphatic hydroxyl groups is 2. The molecule has 0 aliphatic heterocycles. The molecule has 0 aromatic heterocycles. The lowest BCUT2D eigenvalue weighted by Gasteiger charge is -2.17. The maximum absolute atomic E-state index is 14.2. The molecule has 6 rings (SSSR count). The molecule has 4 atom stereocenters. The van der Waals surface area contributed by atoms with Gasteiger partial charge in [0.15, 0.2) is 12.0 Å². The fraction of sp³-hybridized carbons (Fsp3) is 0.222. The zero-order chi connectivity index (χ0) is 42.8. The smallest absolute Gasteiger partial charge is 0.281 e. The maximum Gasteiger partial charge on any atom is 0.281 e. The van der Waals surface area contributed by atoms with Crippen LogP contribution >= 0.6 is 0 Å². The van der Waals surface area contributed by atoms with Gasteiger partial charge in [0.1, 0.15) is 66.3 Å². The van der Waals surface area contributed by atoms with Gasteiger partial charge in [0, 0.05) is 47.2 Å². The normalized spacial score (nSPS) is 18.8. The number of hydrogen-bond donors (Lipinski definition) is 2. The first-order valence-electron chi connectivity index (χ1n) is 15.9. The van der Waals surface area contributed by atoms with Crippen molar-refractivity contribution >= 4 is 19.5 Å². The molecule has 0 saturated carbocycles. The third-order valence-electron chi connectivity index (χ3n) is 8.54. The lowest BCUT2D eigenvalue weighted by atomic mass is 10.1. The third-order valence-corrected chi connectivity index (χ3v) is 12.0. The van der Waals surface area contributed by atoms with Crippen molar-refractivity contribution in [2.45, 2.75) is 46.7 Å². The topological polar surface area (TPSA) is 213 Å². The van der Waals surface area contributed by atoms with Crippen LogP contribution < -0.4 is 9.47 Å².